The fourth-order valence-electron chi connectivity index (χ4n) is 2.68. The molecule has 5 heteroatoms. The summed E-state index contributed by atoms with van der Waals surface area (Å²) in [6.45, 7) is 1.84. The highest BCUT2D eigenvalue weighted by atomic mass is 16.5. The fraction of sp³-hybridized carbons (Fsp3) is 0.0909. The van der Waals surface area contributed by atoms with Gasteiger partial charge < -0.3 is 4.74 Å². The summed E-state index contributed by atoms with van der Waals surface area (Å²) in [5.74, 6) is 0.0636. The number of hydrazine groups is 1. The Morgan fingerprint density at radius 2 is 1.30 bits per heavy atom. The first-order chi connectivity index (χ1) is 13.1. The van der Waals surface area contributed by atoms with Crippen LogP contribution in [0.2, 0.25) is 0 Å². The Labute approximate surface area is 158 Å². The monoisotopic (exact) mass is 360 g/mol. The topological polar surface area (TPSA) is 67.4 Å². The van der Waals surface area contributed by atoms with Crippen molar-refractivity contribution in [1.82, 2.24) is 10.9 Å². The second kappa shape index (κ2) is 8.19. The molecule has 0 bridgehead atoms. The largest absolute Gasteiger partial charge is 0.497 e. The van der Waals surface area contributed by atoms with E-state index in [9.17, 15) is 9.59 Å². The van der Waals surface area contributed by atoms with E-state index in [2.05, 4.69) is 10.9 Å². The molecule has 0 spiro atoms. The molecule has 3 aromatic carbocycles. The molecule has 0 aliphatic heterocycles. The summed E-state index contributed by atoms with van der Waals surface area (Å²) in [6.07, 6.45) is 0. The highest BCUT2D eigenvalue weighted by Gasteiger charge is 2.11. The Kier molecular flexibility index (Phi) is 5.52. The van der Waals surface area contributed by atoms with Gasteiger partial charge in [0.2, 0.25) is 0 Å². The molecule has 0 fully saturated rings. The van der Waals surface area contributed by atoms with Crippen LogP contribution in [0.3, 0.4) is 0 Å². The molecule has 0 radical (unpaired) electrons. The summed E-state index contributed by atoms with van der Waals surface area (Å²) in [4.78, 5) is 24.4. The van der Waals surface area contributed by atoms with Crippen LogP contribution in [0.4, 0.5) is 0 Å². The van der Waals surface area contributed by atoms with Gasteiger partial charge in [0.15, 0.2) is 0 Å². The third kappa shape index (κ3) is 4.33. The van der Waals surface area contributed by atoms with Crippen LogP contribution < -0.4 is 15.6 Å². The van der Waals surface area contributed by atoms with Gasteiger partial charge in [-0.25, -0.2) is 0 Å². The number of carbonyl (C=O) groups excluding carboxylic acids is 2. The van der Waals surface area contributed by atoms with Gasteiger partial charge in [0, 0.05) is 11.1 Å². The van der Waals surface area contributed by atoms with Crippen LogP contribution in [0.1, 0.15) is 26.3 Å². The molecule has 0 aromatic heterocycles. The Balaban J connectivity index is 1.63. The molecule has 2 N–H and O–H groups in total. The van der Waals surface area contributed by atoms with Crippen molar-refractivity contribution in [2.75, 3.05) is 7.11 Å². The van der Waals surface area contributed by atoms with Crippen molar-refractivity contribution >= 4 is 11.8 Å². The highest BCUT2D eigenvalue weighted by molar-refractivity contribution is 5.99. The van der Waals surface area contributed by atoms with Crippen LogP contribution in [0.5, 0.6) is 5.75 Å². The number of rotatable bonds is 4. The molecular weight excluding hydrogens is 340 g/mol. The Hall–Kier alpha value is -3.60. The van der Waals surface area contributed by atoms with Gasteiger partial charge in [-0.2, -0.15) is 0 Å². The van der Waals surface area contributed by atoms with Crippen LogP contribution in [0, 0.1) is 6.92 Å². The predicted molar refractivity (Wildman–Crippen MR) is 105 cm³/mol. The molecule has 0 saturated carbocycles. The van der Waals surface area contributed by atoms with Crippen molar-refractivity contribution in [3.8, 4) is 16.9 Å². The standard InChI is InChI=1S/C22H20N2O3/c1-15-5-3-4-6-20(15)22(26)24-23-21(25)18-9-7-16(8-10-18)17-11-13-19(27-2)14-12-17/h3-14H,1-2H3,(H,23,25)(H,24,26). The third-order valence-electron chi connectivity index (χ3n) is 4.25. The zero-order chi connectivity index (χ0) is 19.2. The van der Waals surface area contributed by atoms with Crippen molar-refractivity contribution in [3.05, 3.63) is 89.5 Å². The Morgan fingerprint density at radius 1 is 0.741 bits per heavy atom. The number of aryl methyl sites for hydroxylation is 1. The molecule has 5 nitrogen and oxygen atoms in total. The summed E-state index contributed by atoms with van der Waals surface area (Å²) in [5.41, 5.74) is 8.71. The number of ether oxygens (including phenoxy) is 1. The van der Waals surface area contributed by atoms with Gasteiger partial charge >= 0.3 is 0 Å². The van der Waals surface area contributed by atoms with Gasteiger partial charge in [-0.1, -0.05) is 42.5 Å². The average molecular weight is 360 g/mol. The second-order valence-corrected chi connectivity index (χ2v) is 6.03. The average Bonchev–Trinajstić information content (AvgIpc) is 2.72. The number of nitrogens with one attached hydrogen (secondary N) is 2. The molecule has 0 aliphatic rings. The van der Waals surface area contributed by atoms with Gasteiger partial charge in [0.05, 0.1) is 7.11 Å². The zero-order valence-corrected chi connectivity index (χ0v) is 15.2. The van der Waals surface area contributed by atoms with Gasteiger partial charge in [-0.05, 0) is 53.9 Å². The minimum Gasteiger partial charge on any atom is -0.497 e. The fourth-order valence-corrected chi connectivity index (χ4v) is 2.68. The second-order valence-electron chi connectivity index (χ2n) is 6.03. The molecule has 0 saturated heterocycles. The minimum absolute atomic E-state index is 0.351. The lowest BCUT2D eigenvalue weighted by atomic mass is 10.0. The number of hydrogen-bond acceptors (Lipinski definition) is 3. The van der Waals surface area contributed by atoms with Crippen molar-refractivity contribution < 1.29 is 14.3 Å². The summed E-state index contributed by atoms with van der Waals surface area (Å²) in [7, 11) is 1.63. The molecular formula is C22H20N2O3. The molecule has 2 amide bonds. The summed E-state index contributed by atoms with van der Waals surface area (Å²) >= 11 is 0. The van der Waals surface area contributed by atoms with E-state index in [1.165, 1.54) is 0 Å². The maximum atomic E-state index is 12.3. The van der Waals surface area contributed by atoms with E-state index in [-0.39, 0.29) is 11.8 Å². The lowest BCUT2D eigenvalue weighted by Crippen LogP contribution is -2.41. The van der Waals surface area contributed by atoms with E-state index >= 15 is 0 Å². The number of benzene rings is 3. The van der Waals surface area contributed by atoms with Crippen molar-refractivity contribution in [2.45, 2.75) is 6.92 Å². The van der Waals surface area contributed by atoms with E-state index in [4.69, 9.17) is 4.74 Å². The SMILES string of the molecule is COc1ccc(-c2ccc(C(=O)NNC(=O)c3ccccc3C)cc2)cc1. The molecule has 0 atom stereocenters. The van der Waals surface area contributed by atoms with Crippen LogP contribution >= 0.6 is 0 Å². The lowest BCUT2D eigenvalue weighted by Gasteiger charge is -2.09. The van der Waals surface area contributed by atoms with Crippen LogP contribution in [0.15, 0.2) is 72.8 Å². The van der Waals surface area contributed by atoms with Gasteiger partial charge in [-0.3, -0.25) is 20.4 Å². The van der Waals surface area contributed by atoms with E-state index in [1.54, 1.807) is 31.4 Å². The predicted octanol–water partition coefficient (Wildman–Crippen LogP) is 3.75. The van der Waals surface area contributed by atoms with E-state index in [0.29, 0.717) is 11.1 Å². The maximum absolute atomic E-state index is 12.3. The van der Waals surface area contributed by atoms with E-state index in [1.807, 2.05) is 55.5 Å². The lowest BCUT2D eigenvalue weighted by molar-refractivity contribution is 0.0846. The summed E-state index contributed by atoms with van der Waals surface area (Å²) in [6, 6.07) is 22.0. The Bertz CT molecular complexity index is 948. The molecule has 136 valence electrons. The van der Waals surface area contributed by atoms with Crippen LogP contribution in [0.25, 0.3) is 11.1 Å². The van der Waals surface area contributed by atoms with Crippen LogP contribution in [-0.2, 0) is 0 Å². The van der Waals surface area contributed by atoms with Gasteiger partial charge in [-0.15, -0.1) is 0 Å². The van der Waals surface area contributed by atoms with Gasteiger partial charge in [0.1, 0.15) is 5.75 Å². The number of hydrogen-bond donors (Lipinski definition) is 2. The quantitative estimate of drug-likeness (QED) is 0.697. The molecule has 27 heavy (non-hydrogen) atoms. The summed E-state index contributed by atoms with van der Waals surface area (Å²) in [5, 5.41) is 0. The van der Waals surface area contributed by atoms with Gasteiger partial charge in [0.25, 0.3) is 11.8 Å². The normalized spacial score (nSPS) is 10.1. The number of amides is 2. The van der Waals surface area contributed by atoms with Crippen molar-refractivity contribution in [2.24, 2.45) is 0 Å². The summed E-state index contributed by atoms with van der Waals surface area (Å²) < 4.78 is 5.15. The maximum Gasteiger partial charge on any atom is 0.269 e. The molecule has 3 rings (SSSR count). The Morgan fingerprint density at radius 3 is 1.89 bits per heavy atom. The van der Waals surface area contributed by atoms with E-state index < -0.39 is 0 Å². The first-order valence-electron chi connectivity index (χ1n) is 8.49. The zero-order valence-electron chi connectivity index (χ0n) is 15.2. The van der Waals surface area contributed by atoms with Crippen molar-refractivity contribution in [1.29, 1.82) is 0 Å². The van der Waals surface area contributed by atoms with E-state index in [0.717, 1.165) is 22.4 Å². The first-order valence-corrected chi connectivity index (χ1v) is 8.49. The number of methoxy groups -OCH3 is 1. The van der Waals surface area contributed by atoms with Crippen LogP contribution in [-0.4, -0.2) is 18.9 Å². The van der Waals surface area contributed by atoms with Crippen molar-refractivity contribution in [3.63, 3.8) is 0 Å². The number of carbonyl (C=O) groups is 2. The molecule has 0 heterocycles. The highest BCUT2D eigenvalue weighted by Crippen LogP contribution is 2.22. The first kappa shape index (κ1) is 18.2. The molecule has 0 unspecified atom stereocenters. The minimum atomic E-state index is -0.377. The third-order valence-corrected chi connectivity index (χ3v) is 4.25. The molecule has 3 aromatic rings. The smallest absolute Gasteiger partial charge is 0.269 e. The molecule has 0 aliphatic carbocycles.